The summed E-state index contributed by atoms with van der Waals surface area (Å²) >= 11 is 0. The molecule has 1 unspecified atom stereocenters. The molecule has 3 rings (SSSR count). The van der Waals surface area contributed by atoms with Crippen LogP contribution < -0.4 is 15.4 Å². The second-order valence-corrected chi connectivity index (χ2v) is 7.34. The number of nitrogens with zero attached hydrogens (tertiary/aromatic N) is 1. The molecule has 9 heteroatoms. The second-order valence-electron chi connectivity index (χ2n) is 7.34. The first-order chi connectivity index (χ1) is 15.9. The van der Waals surface area contributed by atoms with Gasteiger partial charge in [0.1, 0.15) is 12.4 Å². The third kappa shape index (κ3) is 6.11. The number of hydrogen-bond donors (Lipinski definition) is 2. The standard InChI is InChI=1S/C24H27N3O6/c1-16-21(23(29)32-14-13-31-3)22(26-24(30)27(16)2)17-9-11-18(12-10-17)25-20(28)15-33-19-7-5-4-6-8-19/h4-12,22H,13-15H2,1-3H3,(H,25,28)(H,26,30). The third-order valence-corrected chi connectivity index (χ3v) is 5.14. The Morgan fingerprint density at radius 1 is 1.06 bits per heavy atom. The Bertz CT molecular complexity index is 1020. The van der Waals surface area contributed by atoms with Crippen molar-refractivity contribution in [1.29, 1.82) is 0 Å². The van der Waals surface area contributed by atoms with Crippen LogP contribution in [-0.2, 0) is 19.1 Å². The highest BCUT2D eigenvalue weighted by Gasteiger charge is 2.35. The van der Waals surface area contributed by atoms with Crippen molar-refractivity contribution in [1.82, 2.24) is 10.2 Å². The number of carbonyl (C=O) groups excluding carboxylic acids is 3. The average molecular weight is 453 g/mol. The molecule has 33 heavy (non-hydrogen) atoms. The van der Waals surface area contributed by atoms with Gasteiger partial charge in [-0.25, -0.2) is 9.59 Å². The number of methoxy groups -OCH3 is 1. The number of allylic oxidation sites excluding steroid dienone is 1. The number of hydrogen-bond acceptors (Lipinski definition) is 6. The quantitative estimate of drug-likeness (QED) is 0.447. The Morgan fingerprint density at radius 3 is 2.42 bits per heavy atom. The number of anilines is 1. The van der Waals surface area contributed by atoms with E-state index in [0.29, 0.717) is 28.3 Å². The van der Waals surface area contributed by atoms with Crippen LogP contribution >= 0.6 is 0 Å². The van der Waals surface area contributed by atoms with E-state index < -0.39 is 12.0 Å². The molecule has 2 aromatic carbocycles. The molecule has 0 aromatic heterocycles. The first-order valence-electron chi connectivity index (χ1n) is 10.4. The Morgan fingerprint density at radius 2 is 1.76 bits per heavy atom. The van der Waals surface area contributed by atoms with E-state index in [1.165, 1.54) is 12.0 Å². The molecule has 0 aliphatic carbocycles. The Kier molecular flexibility index (Phi) is 8.04. The molecule has 0 bridgehead atoms. The summed E-state index contributed by atoms with van der Waals surface area (Å²) in [7, 11) is 3.10. The molecule has 1 atom stereocenters. The van der Waals surface area contributed by atoms with Crippen LogP contribution in [0.25, 0.3) is 0 Å². The minimum absolute atomic E-state index is 0.104. The summed E-state index contributed by atoms with van der Waals surface area (Å²) in [6.07, 6.45) is 0. The number of amides is 3. The van der Waals surface area contributed by atoms with Gasteiger partial charge in [0.05, 0.1) is 18.2 Å². The van der Waals surface area contributed by atoms with E-state index in [1.807, 2.05) is 18.2 Å². The monoisotopic (exact) mass is 453 g/mol. The molecule has 0 spiro atoms. The van der Waals surface area contributed by atoms with Crippen molar-refractivity contribution in [2.75, 3.05) is 39.3 Å². The normalized spacial score (nSPS) is 15.7. The third-order valence-electron chi connectivity index (χ3n) is 5.14. The molecule has 2 aromatic rings. The SMILES string of the molecule is COCCOC(=O)C1=C(C)N(C)C(=O)NC1c1ccc(NC(=O)COc2ccccc2)cc1. The van der Waals surface area contributed by atoms with Gasteiger partial charge in [-0.1, -0.05) is 30.3 Å². The summed E-state index contributed by atoms with van der Waals surface area (Å²) in [5.74, 6) is -0.234. The molecule has 1 heterocycles. The first kappa shape index (κ1) is 23.8. The maximum Gasteiger partial charge on any atom is 0.338 e. The molecule has 1 aliphatic rings. The molecule has 0 fully saturated rings. The van der Waals surface area contributed by atoms with E-state index in [9.17, 15) is 14.4 Å². The summed E-state index contributed by atoms with van der Waals surface area (Å²) < 4.78 is 15.7. The summed E-state index contributed by atoms with van der Waals surface area (Å²) in [6, 6.07) is 14.9. The van der Waals surface area contributed by atoms with Crippen LogP contribution in [0.3, 0.4) is 0 Å². The number of para-hydroxylation sites is 1. The first-order valence-corrected chi connectivity index (χ1v) is 10.4. The number of ether oxygens (including phenoxy) is 3. The minimum atomic E-state index is -0.685. The maximum atomic E-state index is 12.7. The summed E-state index contributed by atoms with van der Waals surface area (Å²) in [6.45, 7) is 1.94. The lowest BCUT2D eigenvalue weighted by Crippen LogP contribution is -2.46. The number of nitrogens with one attached hydrogen (secondary N) is 2. The smallest absolute Gasteiger partial charge is 0.338 e. The highest BCUT2D eigenvalue weighted by Crippen LogP contribution is 2.31. The number of carbonyl (C=O) groups is 3. The van der Waals surface area contributed by atoms with Crippen molar-refractivity contribution in [3.8, 4) is 5.75 Å². The highest BCUT2D eigenvalue weighted by molar-refractivity contribution is 5.95. The van der Waals surface area contributed by atoms with Gasteiger partial charge in [0.15, 0.2) is 6.61 Å². The average Bonchev–Trinajstić information content (AvgIpc) is 2.82. The van der Waals surface area contributed by atoms with E-state index in [-0.39, 0.29) is 31.8 Å². The van der Waals surface area contributed by atoms with E-state index in [2.05, 4.69) is 10.6 Å². The van der Waals surface area contributed by atoms with Crippen LogP contribution in [0.2, 0.25) is 0 Å². The zero-order chi connectivity index (χ0) is 23.8. The van der Waals surface area contributed by atoms with Gasteiger partial charge in [0.2, 0.25) is 0 Å². The number of esters is 1. The van der Waals surface area contributed by atoms with Gasteiger partial charge >= 0.3 is 12.0 Å². The van der Waals surface area contributed by atoms with E-state index in [4.69, 9.17) is 14.2 Å². The number of urea groups is 1. The molecule has 3 amide bonds. The van der Waals surface area contributed by atoms with Crippen LogP contribution in [0.4, 0.5) is 10.5 Å². The van der Waals surface area contributed by atoms with Crippen LogP contribution in [0.5, 0.6) is 5.75 Å². The second kappa shape index (κ2) is 11.1. The minimum Gasteiger partial charge on any atom is -0.484 e. The lowest BCUT2D eigenvalue weighted by Gasteiger charge is -2.33. The fraction of sp³-hybridized carbons (Fsp3) is 0.292. The number of rotatable bonds is 9. The maximum absolute atomic E-state index is 12.7. The van der Waals surface area contributed by atoms with Crippen molar-refractivity contribution >= 4 is 23.6 Å². The van der Waals surface area contributed by atoms with Gasteiger partial charge in [0.25, 0.3) is 5.91 Å². The van der Waals surface area contributed by atoms with Gasteiger partial charge in [-0.3, -0.25) is 4.79 Å². The molecular formula is C24H27N3O6. The van der Waals surface area contributed by atoms with Crippen LogP contribution in [0, 0.1) is 0 Å². The number of benzene rings is 2. The van der Waals surface area contributed by atoms with E-state index >= 15 is 0 Å². The van der Waals surface area contributed by atoms with E-state index in [1.54, 1.807) is 50.4 Å². The van der Waals surface area contributed by atoms with Gasteiger partial charge in [0, 0.05) is 25.5 Å². The van der Waals surface area contributed by atoms with Crippen LogP contribution in [0.15, 0.2) is 65.9 Å². The molecule has 0 radical (unpaired) electrons. The molecule has 9 nitrogen and oxygen atoms in total. The van der Waals surface area contributed by atoms with Crippen molar-refractivity contribution in [2.24, 2.45) is 0 Å². The van der Waals surface area contributed by atoms with Gasteiger partial charge in [-0.05, 0) is 36.8 Å². The fourth-order valence-electron chi connectivity index (χ4n) is 3.27. The van der Waals surface area contributed by atoms with Gasteiger partial charge < -0.3 is 29.7 Å². The summed E-state index contributed by atoms with van der Waals surface area (Å²) in [5.41, 5.74) is 2.07. The zero-order valence-electron chi connectivity index (χ0n) is 18.8. The molecule has 1 aliphatic heterocycles. The van der Waals surface area contributed by atoms with Crippen molar-refractivity contribution in [3.05, 3.63) is 71.4 Å². The topological polar surface area (TPSA) is 106 Å². The van der Waals surface area contributed by atoms with E-state index in [0.717, 1.165) is 0 Å². The Balaban J connectivity index is 1.70. The lowest BCUT2D eigenvalue weighted by atomic mass is 9.95. The molecule has 2 N–H and O–H groups in total. The molecule has 174 valence electrons. The van der Waals surface area contributed by atoms with Crippen LogP contribution in [0.1, 0.15) is 18.5 Å². The predicted molar refractivity (Wildman–Crippen MR) is 122 cm³/mol. The van der Waals surface area contributed by atoms with Crippen LogP contribution in [-0.4, -0.2) is 56.8 Å². The molecule has 0 saturated carbocycles. The fourth-order valence-corrected chi connectivity index (χ4v) is 3.27. The summed E-state index contributed by atoms with van der Waals surface area (Å²) in [4.78, 5) is 38.6. The predicted octanol–water partition coefficient (Wildman–Crippen LogP) is 2.86. The van der Waals surface area contributed by atoms with Gasteiger partial charge in [-0.15, -0.1) is 0 Å². The van der Waals surface area contributed by atoms with Crippen molar-refractivity contribution < 1.29 is 28.6 Å². The zero-order valence-corrected chi connectivity index (χ0v) is 18.8. The van der Waals surface area contributed by atoms with Gasteiger partial charge in [-0.2, -0.15) is 0 Å². The Labute approximate surface area is 192 Å². The largest absolute Gasteiger partial charge is 0.484 e. The van der Waals surface area contributed by atoms with Crippen molar-refractivity contribution in [2.45, 2.75) is 13.0 Å². The highest BCUT2D eigenvalue weighted by atomic mass is 16.6. The lowest BCUT2D eigenvalue weighted by molar-refractivity contribution is -0.140. The van der Waals surface area contributed by atoms with Crippen molar-refractivity contribution in [3.63, 3.8) is 0 Å². The molecular weight excluding hydrogens is 426 g/mol. The Hall–Kier alpha value is -3.85. The molecule has 0 saturated heterocycles. The summed E-state index contributed by atoms with van der Waals surface area (Å²) in [5, 5.41) is 5.58.